The molecular weight excluding hydrogens is 194 g/mol. The van der Waals surface area contributed by atoms with Gasteiger partial charge in [0.1, 0.15) is 0 Å². The molecule has 2 heteroatoms. The maximum atomic E-state index is 5.99. The summed E-state index contributed by atoms with van der Waals surface area (Å²) in [4.78, 5) is 0. The van der Waals surface area contributed by atoms with Crippen LogP contribution in [0.1, 0.15) is 38.7 Å². The molecule has 0 saturated carbocycles. The fourth-order valence-electron chi connectivity index (χ4n) is 2.35. The Morgan fingerprint density at radius 1 is 1.43 bits per heavy atom. The number of nitrogens with one attached hydrogen (secondary N) is 1. The highest BCUT2D eigenvalue weighted by atomic mass is 35.5. The van der Waals surface area contributed by atoms with E-state index in [-0.39, 0.29) is 5.54 Å². The van der Waals surface area contributed by atoms with Crippen LogP contribution in [-0.4, -0.2) is 5.54 Å². The van der Waals surface area contributed by atoms with Crippen molar-refractivity contribution in [2.24, 2.45) is 0 Å². The second-order valence-corrected chi connectivity index (χ2v) is 5.28. The van der Waals surface area contributed by atoms with Gasteiger partial charge >= 0.3 is 0 Å². The summed E-state index contributed by atoms with van der Waals surface area (Å²) in [6, 6.07) is 6.10. The van der Waals surface area contributed by atoms with E-state index in [1.165, 1.54) is 11.3 Å². The Bertz CT molecular complexity index is 357. The van der Waals surface area contributed by atoms with Gasteiger partial charge in [0.25, 0.3) is 0 Å². The number of fused-ring (bicyclic) bond motifs is 1. The summed E-state index contributed by atoms with van der Waals surface area (Å²) in [5.41, 5.74) is 2.77. The van der Waals surface area contributed by atoms with E-state index in [0.717, 1.165) is 11.4 Å². The Labute approximate surface area is 90.5 Å². The lowest BCUT2D eigenvalue weighted by Gasteiger charge is -2.37. The molecule has 76 valence electrons. The molecule has 0 fully saturated rings. The van der Waals surface area contributed by atoms with Crippen molar-refractivity contribution >= 4 is 17.3 Å². The van der Waals surface area contributed by atoms with Gasteiger partial charge in [-0.3, -0.25) is 0 Å². The predicted octanol–water partition coefficient (Wildman–Crippen LogP) is 4.04. The fourth-order valence-corrected chi connectivity index (χ4v) is 2.53. The van der Waals surface area contributed by atoms with E-state index >= 15 is 0 Å². The lowest BCUT2D eigenvalue weighted by Crippen LogP contribution is -2.36. The Morgan fingerprint density at radius 2 is 2.14 bits per heavy atom. The Hall–Kier alpha value is -0.690. The third kappa shape index (κ3) is 1.74. The zero-order valence-electron chi connectivity index (χ0n) is 8.89. The van der Waals surface area contributed by atoms with Crippen LogP contribution in [0.4, 0.5) is 5.69 Å². The van der Waals surface area contributed by atoms with Gasteiger partial charge in [-0.1, -0.05) is 18.5 Å². The second kappa shape index (κ2) is 3.16. The van der Waals surface area contributed by atoms with Crippen LogP contribution in [0.15, 0.2) is 18.2 Å². The smallest absolute Gasteiger partial charge is 0.0410 e. The van der Waals surface area contributed by atoms with Gasteiger partial charge in [0.15, 0.2) is 0 Å². The van der Waals surface area contributed by atoms with Crippen LogP contribution >= 0.6 is 11.6 Å². The minimum absolute atomic E-state index is 0.195. The van der Waals surface area contributed by atoms with E-state index in [4.69, 9.17) is 11.6 Å². The average molecular weight is 210 g/mol. The Kier molecular flexibility index (Phi) is 2.23. The van der Waals surface area contributed by atoms with Gasteiger partial charge in [0.05, 0.1) is 0 Å². The average Bonchev–Trinajstić information content (AvgIpc) is 2.05. The summed E-state index contributed by atoms with van der Waals surface area (Å²) in [7, 11) is 0. The lowest BCUT2D eigenvalue weighted by molar-refractivity contribution is 0.454. The van der Waals surface area contributed by atoms with Crippen LogP contribution in [-0.2, 0) is 0 Å². The first-order chi connectivity index (χ1) is 6.48. The van der Waals surface area contributed by atoms with Gasteiger partial charge in [-0.15, -0.1) is 0 Å². The van der Waals surface area contributed by atoms with E-state index in [1.54, 1.807) is 0 Å². The molecule has 1 heterocycles. The molecule has 0 saturated heterocycles. The number of hydrogen-bond acceptors (Lipinski definition) is 1. The fraction of sp³-hybridized carbons (Fsp3) is 0.500. The van der Waals surface area contributed by atoms with E-state index in [2.05, 4.69) is 38.2 Å². The third-order valence-corrected chi connectivity index (χ3v) is 3.07. The molecule has 2 rings (SSSR count). The van der Waals surface area contributed by atoms with Crippen LogP contribution in [0.25, 0.3) is 0 Å². The third-order valence-electron chi connectivity index (χ3n) is 2.83. The molecule has 1 aliphatic rings. The highest BCUT2D eigenvalue weighted by Gasteiger charge is 2.28. The van der Waals surface area contributed by atoms with Crippen LogP contribution in [0.5, 0.6) is 0 Å². The van der Waals surface area contributed by atoms with Gasteiger partial charge in [0.2, 0.25) is 0 Å². The van der Waals surface area contributed by atoms with E-state index in [0.29, 0.717) is 5.92 Å². The normalized spacial score (nSPS) is 23.9. The zero-order chi connectivity index (χ0) is 10.3. The second-order valence-electron chi connectivity index (χ2n) is 4.85. The molecule has 14 heavy (non-hydrogen) atoms. The van der Waals surface area contributed by atoms with Crippen molar-refractivity contribution in [3.05, 3.63) is 28.8 Å². The minimum atomic E-state index is 0.195. The molecule has 1 atom stereocenters. The van der Waals surface area contributed by atoms with E-state index in [1.807, 2.05) is 6.07 Å². The van der Waals surface area contributed by atoms with Crippen LogP contribution in [0, 0.1) is 0 Å². The molecule has 0 spiro atoms. The summed E-state index contributed by atoms with van der Waals surface area (Å²) >= 11 is 5.99. The molecule has 0 unspecified atom stereocenters. The Balaban J connectivity index is 2.45. The summed E-state index contributed by atoms with van der Waals surface area (Å²) in [5.74, 6) is 0.583. The SMILES string of the molecule is C[C@@H]1CC(C)(C)Nc2ccc(Cl)cc21. The quantitative estimate of drug-likeness (QED) is 0.680. The molecule has 1 aromatic rings. The highest BCUT2D eigenvalue weighted by Crippen LogP contribution is 2.39. The molecular formula is C12H16ClN. The van der Waals surface area contributed by atoms with Gasteiger partial charge < -0.3 is 5.32 Å². The van der Waals surface area contributed by atoms with Gasteiger partial charge in [-0.05, 0) is 49.9 Å². The number of benzene rings is 1. The molecule has 1 aliphatic heterocycles. The van der Waals surface area contributed by atoms with Gasteiger partial charge in [-0.25, -0.2) is 0 Å². The van der Waals surface area contributed by atoms with E-state index < -0.39 is 0 Å². The van der Waals surface area contributed by atoms with Crippen molar-refractivity contribution < 1.29 is 0 Å². The molecule has 0 amide bonds. The van der Waals surface area contributed by atoms with Crippen molar-refractivity contribution in [1.82, 2.24) is 0 Å². The maximum Gasteiger partial charge on any atom is 0.0410 e. The maximum absolute atomic E-state index is 5.99. The van der Waals surface area contributed by atoms with Gasteiger partial charge in [-0.2, -0.15) is 0 Å². The van der Waals surface area contributed by atoms with Gasteiger partial charge in [0, 0.05) is 16.2 Å². The highest BCUT2D eigenvalue weighted by molar-refractivity contribution is 6.30. The summed E-state index contributed by atoms with van der Waals surface area (Å²) in [6.45, 7) is 6.74. The molecule has 0 radical (unpaired) electrons. The first-order valence-corrected chi connectivity index (χ1v) is 5.43. The van der Waals surface area contributed by atoms with Crippen molar-refractivity contribution in [3.8, 4) is 0 Å². The largest absolute Gasteiger partial charge is 0.380 e. The molecule has 1 nitrogen and oxygen atoms in total. The lowest BCUT2D eigenvalue weighted by atomic mass is 9.82. The summed E-state index contributed by atoms with van der Waals surface area (Å²) in [5, 5.41) is 4.37. The number of hydrogen-bond donors (Lipinski definition) is 1. The topological polar surface area (TPSA) is 12.0 Å². The molecule has 1 N–H and O–H groups in total. The summed E-state index contributed by atoms with van der Waals surface area (Å²) in [6.07, 6.45) is 1.15. The van der Waals surface area contributed by atoms with Crippen molar-refractivity contribution in [3.63, 3.8) is 0 Å². The molecule has 0 aliphatic carbocycles. The first-order valence-electron chi connectivity index (χ1n) is 5.05. The molecule has 0 aromatic heterocycles. The first kappa shape index (κ1) is 9.85. The standard InChI is InChI=1S/C12H16ClN/c1-8-7-12(2,3)14-11-5-4-9(13)6-10(8)11/h4-6,8,14H,7H2,1-3H3/t8-/m1/s1. The molecule has 1 aromatic carbocycles. The molecule has 0 bridgehead atoms. The van der Waals surface area contributed by atoms with E-state index in [9.17, 15) is 0 Å². The monoisotopic (exact) mass is 209 g/mol. The van der Waals surface area contributed by atoms with Crippen LogP contribution in [0.3, 0.4) is 0 Å². The van der Waals surface area contributed by atoms with Crippen molar-refractivity contribution in [2.75, 3.05) is 5.32 Å². The van der Waals surface area contributed by atoms with Crippen molar-refractivity contribution in [1.29, 1.82) is 0 Å². The van der Waals surface area contributed by atoms with Crippen LogP contribution in [0.2, 0.25) is 5.02 Å². The Morgan fingerprint density at radius 3 is 2.86 bits per heavy atom. The van der Waals surface area contributed by atoms with Crippen molar-refractivity contribution in [2.45, 2.75) is 38.6 Å². The summed E-state index contributed by atoms with van der Waals surface area (Å²) < 4.78 is 0. The predicted molar refractivity (Wildman–Crippen MR) is 62.2 cm³/mol. The minimum Gasteiger partial charge on any atom is -0.380 e. The number of rotatable bonds is 0. The number of anilines is 1. The number of halogens is 1. The van der Waals surface area contributed by atoms with Crippen LogP contribution < -0.4 is 5.32 Å². The zero-order valence-corrected chi connectivity index (χ0v) is 9.65.